The molecule has 0 aliphatic heterocycles. The monoisotopic (exact) mass is 207 g/mol. The molecule has 0 amide bonds. The van der Waals surface area contributed by atoms with E-state index in [4.69, 9.17) is 10.5 Å². The zero-order valence-corrected chi connectivity index (χ0v) is 9.19. The molecule has 0 aliphatic rings. The minimum absolute atomic E-state index is 0.122. The fourth-order valence-corrected chi connectivity index (χ4v) is 1.31. The van der Waals surface area contributed by atoms with Gasteiger partial charge in [0, 0.05) is 6.04 Å². The minimum atomic E-state index is -0.287. The Morgan fingerprint density at radius 2 is 2.13 bits per heavy atom. The average Bonchev–Trinajstić information content (AvgIpc) is 2.25. The van der Waals surface area contributed by atoms with E-state index < -0.39 is 0 Å². The van der Waals surface area contributed by atoms with E-state index in [1.807, 2.05) is 25.1 Å². The second kappa shape index (κ2) is 5.51. The van der Waals surface area contributed by atoms with Crippen molar-refractivity contribution in [3.63, 3.8) is 0 Å². The van der Waals surface area contributed by atoms with Gasteiger partial charge in [-0.25, -0.2) is 4.79 Å². The fraction of sp³-hybridized carbons (Fsp3) is 0.417. The molecule has 3 nitrogen and oxygen atoms in total. The summed E-state index contributed by atoms with van der Waals surface area (Å²) in [6.45, 7) is 4.08. The predicted octanol–water partition coefficient (Wildman–Crippen LogP) is 1.75. The molecule has 0 fully saturated rings. The van der Waals surface area contributed by atoms with Crippen LogP contribution in [0.2, 0.25) is 0 Å². The minimum Gasteiger partial charge on any atom is -0.460 e. The van der Waals surface area contributed by atoms with Crippen molar-refractivity contribution in [2.24, 2.45) is 5.73 Å². The Bertz CT molecular complexity index is 334. The molecule has 1 rings (SSSR count). The number of carbonyl (C=O) groups excluding carboxylic acids is 1. The van der Waals surface area contributed by atoms with Crippen molar-refractivity contribution in [3.05, 3.63) is 35.4 Å². The van der Waals surface area contributed by atoms with E-state index in [2.05, 4.69) is 0 Å². The van der Waals surface area contributed by atoms with Gasteiger partial charge in [0.1, 0.15) is 6.61 Å². The van der Waals surface area contributed by atoms with Gasteiger partial charge in [0.05, 0.1) is 5.56 Å². The van der Waals surface area contributed by atoms with Crippen LogP contribution in [0.25, 0.3) is 0 Å². The van der Waals surface area contributed by atoms with Gasteiger partial charge in [0.2, 0.25) is 0 Å². The van der Waals surface area contributed by atoms with Crippen molar-refractivity contribution in [2.45, 2.75) is 26.3 Å². The molecule has 0 aliphatic carbocycles. The SMILES string of the molecule is CCc1ccccc1C(=O)OCC(C)N. The lowest BCUT2D eigenvalue weighted by Crippen LogP contribution is -2.24. The molecule has 0 saturated carbocycles. The molecule has 2 N–H and O–H groups in total. The van der Waals surface area contributed by atoms with Gasteiger partial charge >= 0.3 is 5.97 Å². The Hall–Kier alpha value is -1.35. The normalized spacial score (nSPS) is 12.2. The molecule has 0 radical (unpaired) electrons. The van der Waals surface area contributed by atoms with E-state index in [9.17, 15) is 4.79 Å². The van der Waals surface area contributed by atoms with Crippen molar-refractivity contribution in [3.8, 4) is 0 Å². The molecule has 1 aromatic rings. The van der Waals surface area contributed by atoms with Crippen LogP contribution < -0.4 is 5.73 Å². The van der Waals surface area contributed by atoms with Gasteiger partial charge in [-0.05, 0) is 25.0 Å². The number of hydrogen-bond donors (Lipinski definition) is 1. The third kappa shape index (κ3) is 3.36. The molecule has 0 aromatic heterocycles. The van der Waals surface area contributed by atoms with Gasteiger partial charge < -0.3 is 10.5 Å². The number of aryl methyl sites for hydroxylation is 1. The highest BCUT2D eigenvalue weighted by molar-refractivity contribution is 5.91. The maximum Gasteiger partial charge on any atom is 0.338 e. The van der Waals surface area contributed by atoms with Gasteiger partial charge in [-0.2, -0.15) is 0 Å². The maximum absolute atomic E-state index is 11.7. The Balaban J connectivity index is 2.72. The van der Waals surface area contributed by atoms with Gasteiger partial charge in [-0.3, -0.25) is 0 Å². The first-order valence-corrected chi connectivity index (χ1v) is 5.15. The second-order valence-electron chi connectivity index (χ2n) is 3.59. The van der Waals surface area contributed by atoms with Crippen LogP contribution in [0.4, 0.5) is 0 Å². The number of benzene rings is 1. The van der Waals surface area contributed by atoms with Crippen molar-refractivity contribution < 1.29 is 9.53 Å². The molecular formula is C12H17NO2. The summed E-state index contributed by atoms with van der Waals surface area (Å²) in [7, 11) is 0. The Morgan fingerprint density at radius 1 is 1.47 bits per heavy atom. The van der Waals surface area contributed by atoms with Gasteiger partial charge in [0.25, 0.3) is 0 Å². The molecule has 0 heterocycles. The highest BCUT2D eigenvalue weighted by Gasteiger charge is 2.11. The second-order valence-corrected chi connectivity index (χ2v) is 3.59. The first-order chi connectivity index (χ1) is 7.15. The summed E-state index contributed by atoms with van der Waals surface area (Å²) in [6, 6.07) is 7.34. The van der Waals surface area contributed by atoms with Crippen LogP contribution in [0.3, 0.4) is 0 Å². The summed E-state index contributed by atoms with van der Waals surface area (Å²) in [5, 5.41) is 0. The number of esters is 1. The van der Waals surface area contributed by atoms with Gasteiger partial charge in [0.15, 0.2) is 0 Å². The molecule has 82 valence electrons. The van der Waals surface area contributed by atoms with E-state index in [0.717, 1.165) is 12.0 Å². The van der Waals surface area contributed by atoms with E-state index in [1.165, 1.54) is 0 Å². The molecule has 1 atom stereocenters. The standard InChI is InChI=1S/C12H17NO2/c1-3-10-6-4-5-7-11(10)12(14)15-8-9(2)13/h4-7,9H,3,8,13H2,1-2H3. The van der Waals surface area contributed by atoms with Crippen LogP contribution in [-0.4, -0.2) is 18.6 Å². The van der Waals surface area contributed by atoms with Crippen molar-refractivity contribution in [2.75, 3.05) is 6.61 Å². The lowest BCUT2D eigenvalue weighted by atomic mass is 10.1. The topological polar surface area (TPSA) is 52.3 Å². The average molecular weight is 207 g/mol. The smallest absolute Gasteiger partial charge is 0.338 e. The molecule has 0 saturated heterocycles. The number of nitrogens with two attached hydrogens (primary N) is 1. The first-order valence-electron chi connectivity index (χ1n) is 5.15. The largest absolute Gasteiger partial charge is 0.460 e. The third-order valence-electron chi connectivity index (χ3n) is 2.10. The first kappa shape index (κ1) is 11.7. The van der Waals surface area contributed by atoms with Crippen LogP contribution in [0.15, 0.2) is 24.3 Å². The number of hydrogen-bond acceptors (Lipinski definition) is 3. The fourth-order valence-electron chi connectivity index (χ4n) is 1.31. The lowest BCUT2D eigenvalue weighted by molar-refractivity contribution is 0.0486. The third-order valence-corrected chi connectivity index (χ3v) is 2.10. The number of rotatable bonds is 4. The van der Waals surface area contributed by atoms with Crippen molar-refractivity contribution >= 4 is 5.97 Å². The van der Waals surface area contributed by atoms with E-state index in [-0.39, 0.29) is 18.6 Å². The summed E-state index contributed by atoms with van der Waals surface area (Å²) < 4.78 is 5.07. The van der Waals surface area contributed by atoms with Crippen LogP contribution in [0.5, 0.6) is 0 Å². The highest BCUT2D eigenvalue weighted by Crippen LogP contribution is 2.10. The van der Waals surface area contributed by atoms with Crippen molar-refractivity contribution in [1.82, 2.24) is 0 Å². The van der Waals surface area contributed by atoms with Crippen molar-refractivity contribution in [1.29, 1.82) is 0 Å². The molecule has 1 aromatic carbocycles. The van der Waals surface area contributed by atoms with Gasteiger partial charge in [-0.15, -0.1) is 0 Å². The number of ether oxygens (including phenoxy) is 1. The molecule has 15 heavy (non-hydrogen) atoms. The summed E-state index contributed by atoms with van der Waals surface area (Å²) in [5.41, 5.74) is 7.16. The zero-order valence-electron chi connectivity index (χ0n) is 9.19. The molecule has 0 spiro atoms. The molecular weight excluding hydrogens is 190 g/mol. The summed E-state index contributed by atoms with van der Waals surface area (Å²) in [6.07, 6.45) is 0.823. The Morgan fingerprint density at radius 3 is 2.73 bits per heavy atom. The quantitative estimate of drug-likeness (QED) is 0.765. The highest BCUT2D eigenvalue weighted by atomic mass is 16.5. The molecule has 3 heteroatoms. The summed E-state index contributed by atoms with van der Waals surface area (Å²) in [5.74, 6) is -0.287. The van der Waals surface area contributed by atoms with E-state index in [1.54, 1.807) is 13.0 Å². The molecule has 0 bridgehead atoms. The molecule has 1 unspecified atom stereocenters. The lowest BCUT2D eigenvalue weighted by Gasteiger charge is -2.09. The van der Waals surface area contributed by atoms with Crippen LogP contribution >= 0.6 is 0 Å². The van der Waals surface area contributed by atoms with Crippen LogP contribution in [-0.2, 0) is 11.2 Å². The predicted molar refractivity (Wildman–Crippen MR) is 59.8 cm³/mol. The zero-order chi connectivity index (χ0) is 11.3. The summed E-state index contributed by atoms with van der Waals surface area (Å²) >= 11 is 0. The Labute approximate surface area is 90.2 Å². The van der Waals surface area contributed by atoms with Crippen LogP contribution in [0.1, 0.15) is 29.8 Å². The Kier molecular flexibility index (Phi) is 4.31. The summed E-state index contributed by atoms with van der Waals surface area (Å²) in [4.78, 5) is 11.7. The maximum atomic E-state index is 11.7. The van der Waals surface area contributed by atoms with Gasteiger partial charge in [-0.1, -0.05) is 25.1 Å². The van der Waals surface area contributed by atoms with Crippen LogP contribution in [0, 0.1) is 0 Å². The van der Waals surface area contributed by atoms with E-state index in [0.29, 0.717) is 5.56 Å². The van der Waals surface area contributed by atoms with E-state index >= 15 is 0 Å². The number of carbonyl (C=O) groups is 1.